The van der Waals surface area contributed by atoms with E-state index in [0.717, 1.165) is 24.9 Å². The molecule has 0 unspecified atom stereocenters. The SMILES string of the molecule is O=C(Cc1ccsc1)N1CCC[C@H](O)C1. The Hall–Kier alpha value is -0.870. The molecule has 0 aliphatic carbocycles. The van der Waals surface area contributed by atoms with Crippen molar-refractivity contribution in [3.63, 3.8) is 0 Å². The Morgan fingerprint density at radius 3 is 3.20 bits per heavy atom. The lowest BCUT2D eigenvalue weighted by molar-refractivity contribution is -0.133. The second kappa shape index (κ2) is 4.77. The Kier molecular flexibility index (Phi) is 3.38. The van der Waals surface area contributed by atoms with Gasteiger partial charge in [0.25, 0.3) is 0 Å². The highest BCUT2D eigenvalue weighted by Crippen LogP contribution is 2.13. The van der Waals surface area contributed by atoms with Gasteiger partial charge >= 0.3 is 0 Å². The number of carbonyl (C=O) groups is 1. The highest BCUT2D eigenvalue weighted by atomic mass is 32.1. The molecule has 15 heavy (non-hydrogen) atoms. The number of carbonyl (C=O) groups excluding carboxylic acids is 1. The highest BCUT2D eigenvalue weighted by Gasteiger charge is 2.21. The fourth-order valence-electron chi connectivity index (χ4n) is 1.86. The van der Waals surface area contributed by atoms with E-state index in [4.69, 9.17) is 0 Å². The van der Waals surface area contributed by atoms with Gasteiger partial charge in [0.05, 0.1) is 12.5 Å². The van der Waals surface area contributed by atoms with Gasteiger partial charge < -0.3 is 10.0 Å². The molecule has 4 heteroatoms. The standard InChI is InChI=1S/C11H15NO2S/c13-10-2-1-4-12(7-10)11(14)6-9-3-5-15-8-9/h3,5,8,10,13H,1-2,4,6-7H2/t10-/m0/s1. The summed E-state index contributed by atoms with van der Waals surface area (Å²) in [7, 11) is 0. The van der Waals surface area contributed by atoms with Crippen LogP contribution in [0.2, 0.25) is 0 Å². The fraction of sp³-hybridized carbons (Fsp3) is 0.545. The molecule has 0 saturated carbocycles. The van der Waals surface area contributed by atoms with Gasteiger partial charge in [0.15, 0.2) is 0 Å². The Balaban J connectivity index is 1.90. The van der Waals surface area contributed by atoms with E-state index in [2.05, 4.69) is 0 Å². The molecule has 1 amide bonds. The van der Waals surface area contributed by atoms with Gasteiger partial charge in [0.2, 0.25) is 5.91 Å². The Morgan fingerprint density at radius 2 is 2.53 bits per heavy atom. The molecular formula is C11H15NO2S. The predicted molar refractivity (Wildman–Crippen MR) is 59.8 cm³/mol. The molecular weight excluding hydrogens is 210 g/mol. The summed E-state index contributed by atoms with van der Waals surface area (Å²) in [5.41, 5.74) is 1.07. The van der Waals surface area contributed by atoms with Crippen LogP contribution in [0.1, 0.15) is 18.4 Å². The molecule has 1 saturated heterocycles. The van der Waals surface area contributed by atoms with E-state index in [1.807, 2.05) is 16.8 Å². The number of rotatable bonds is 2. The van der Waals surface area contributed by atoms with Crippen LogP contribution in [-0.2, 0) is 11.2 Å². The van der Waals surface area contributed by atoms with Crippen molar-refractivity contribution in [2.24, 2.45) is 0 Å². The van der Waals surface area contributed by atoms with Crippen molar-refractivity contribution in [3.8, 4) is 0 Å². The number of thiophene rings is 1. The number of aliphatic hydroxyl groups is 1. The summed E-state index contributed by atoms with van der Waals surface area (Å²) in [6.45, 7) is 1.29. The summed E-state index contributed by atoms with van der Waals surface area (Å²) < 4.78 is 0. The van der Waals surface area contributed by atoms with Gasteiger partial charge in [-0.05, 0) is 35.2 Å². The van der Waals surface area contributed by atoms with E-state index in [1.165, 1.54) is 0 Å². The van der Waals surface area contributed by atoms with Crippen LogP contribution < -0.4 is 0 Å². The zero-order valence-corrected chi connectivity index (χ0v) is 9.37. The molecule has 1 aromatic heterocycles. The van der Waals surface area contributed by atoms with Gasteiger partial charge in [-0.1, -0.05) is 0 Å². The van der Waals surface area contributed by atoms with Crippen LogP contribution in [0, 0.1) is 0 Å². The first kappa shape index (κ1) is 10.6. The van der Waals surface area contributed by atoms with E-state index in [0.29, 0.717) is 13.0 Å². The lowest BCUT2D eigenvalue weighted by Crippen LogP contribution is -2.42. The smallest absolute Gasteiger partial charge is 0.227 e. The Bertz CT molecular complexity index is 323. The van der Waals surface area contributed by atoms with Crippen molar-refractivity contribution in [2.75, 3.05) is 13.1 Å². The zero-order chi connectivity index (χ0) is 10.7. The third kappa shape index (κ3) is 2.79. The molecule has 1 aliphatic rings. The summed E-state index contributed by atoms with van der Waals surface area (Å²) in [5, 5.41) is 13.4. The maximum atomic E-state index is 11.8. The second-order valence-corrected chi connectivity index (χ2v) is 4.72. The summed E-state index contributed by atoms with van der Waals surface area (Å²) in [6.07, 6.45) is 1.87. The van der Waals surface area contributed by atoms with Crippen LogP contribution in [0.25, 0.3) is 0 Å². The van der Waals surface area contributed by atoms with Gasteiger partial charge in [-0.2, -0.15) is 11.3 Å². The third-order valence-electron chi connectivity index (χ3n) is 2.68. The van der Waals surface area contributed by atoms with E-state index in [-0.39, 0.29) is 12.0 Å². The van der Waals surface area contributed by atoms with Gasteiger partial charge in [0, 0.05) is 13.1 Å². The van der Waals surface area contributed by atoms with E-state index in [1.54, 1.807) is 16.2 Å². The monoisotopic (exact) mass is 225 g/mol. The molecule has 2 rings (SSSR count). The van der Waals surface area contributed by atoms with Crippen LogP contribution in [0.3, 0.4) is 0 Å². The van der Waals surface area contributed by atoms with Crippen molar-refractivity contribution in [2.45, 2.75) is 25.4 Å². The first-order valence-electron chi connectivity index (χ1n) is 5.22. The zero-order valence-electron chi connectivity index (χ0n) is 8.56. The molecule has 1 aliphatic heterocycles. The average Bonchev–Trinajstić information content (AvgIpc) is 2.70. The average molecular weight is 225 g/mol. The summed E-state index contributed by atoms with van der Waals surface area (Å²) in [5.74, 6) is 0.132. The highest BCUT2D eigenvalue weighted by molar-refractivity contribution is 7.07. The normalized spacial score (nSPS) is 21.7. The van der Waals surface area contributed by atoms with Gasteiger partial charge in [0.1, 0.15) is 0 Å². The lowest BCUT2D eigenvalue weighted by Gasteiger charge is -2.30. The largest absolute Gasteiger partial charge is 0.391 e. The maximum absolute atomic E-state index is 11.8. The molecule has 0 spiro atoms. The molecule has 1 N–H and O–H groups in total. The number of β-amino-alcohol motifs (C(OH)–C–C–N with tert-alkyl or cyclic N) is 1. The Morgan fingerprint density at radius 1 is 1.67 bits per heavy atom. The first-order chi connectivity index (χ1) is 7.25. The molecule has 0 bridgehead atoms. The molecule has 1 aromatic rings. The number of hydrogen-bond acceptors (Lipinski definition) is 3. The minimum absolute atomic E-state index is 0.132. The summed E-state index contributed by atoms with van der Waals surface area (Å²) in [4.78, 5) is 13.6. The topological polar surface area (TPSA) is 40.5 Å². The van der Waals surface area contributed by atoms with E-state index in [9.17, 15) is 9.90 Å². The first-order valence-corrected chi connectivity index (χ1v) is 6.17. The third-order valence-corrected chi connectivity index (χ3v) is 3.42. The molecule has 1 fully saturated rings. The predicted octanol–water partition coefficient (Wildman–Crippen LogP) is 1.27. The van der Waals surface area contributed by atoms with Crippen molar-refractivity contribution >= 4 is 17.2 Å². The number of hydrogen-bond donors (Lipinski definition) is 1. The molecule has 0 aromatic carbocycles. The number of likely N-dealkylation sites (tertiary alicyclic amines) is 1. The summed E-state index contributed by atoms with van der Waals surface area (Å²) in [6, 6.07) is 1.98. The lowest BCUT2D eigenvalue weighted by atomic mass is 10.1. The Labute approximate surface area is 93.3 Å². The second-order valence-electron chi connectivity index (χ2n) is 3.94. The van der Waals surface area contributed by atoms with Gasteiger partial charge in [-0.25, -0.2) is 0 Å². The quantitative estimate of drug-likeness (QED) is 0.823. The van der Waals surface area contributed by atoms with Crippen LogP contribution in [-0.4, -0.2) is 35.1 Å². The van der Waals surface area contributed by atoms with Crippen LogP contribution >= 0.6 is 11.3 Å². The van der Waals surface area contributed by atoms with Crippen LogP contribution in [0.5, 0.6) is 0 Å². The number of aliphatic hydroxyl groups excluding tert-OH is 1. The van der Waals surface area contributed by atoms with Crippen molar-refractivity contribution in [3.05, 3.63) is 22.4 Å². The number of piperidine rings is 1. The minimum atomic E-state index is -0.329. The molecule has 3 nitrogen and oxygen atoms in total. The van der Waals surface area contributed by atoms with E-state index < -0.39 is 0 Å². The number of amides is 1. The summed E-state index contributed by atoms with van der Waals surface area (Å²) >= 11 is 1.61. The van der Waals surface area contributed by atoms with Gasteiger partial charge in [-0.15, -0.1) is 0 Å². The maximum Gasteiger partial charge on any atom is 0.227 e. The van der Waals surface area contributed by atoms with Crippen molar-refractivity contribution < 1.29 is 9.90 Å². The van der Waals surface area contributed by atoms with Crippen molar-refractivity contribution in [1.29, 1.82) is 0 Å². The van der Waals surface area contributed by atoms with E-state index >= 15 is 0 Å². The minimum Gasteiger partial charge on any atom is -0.391 e. The molecule has 0 radical (unpaired) electrons. The fourth-order valence-corrected chi connectivity index (χ4v) is 2.53. The number of nitrogens with zero attached hydrogens (tertiary/aromatic N) is 1. The van der Waals surface area contributed by atoms with Gasteiger partial charge in [-0.3, -0.25) is 4.79 Å². The van der Waals surface area contributed by atoms with Crippen molar-refractivity contribution in [1.82, 2.24) is 4.90 Å². The molecule has 82 valence electrons. The molecule has 2 heterocycles. The van der Waals surface area contributed by atoms with Crippen LogP contribution in [0.15, 0.2) is 16.8 Å². The van der Waals surface area contributed by atoms with Crippen LogP contribution in [0.4, 0.5) is 0 Å². The molecule has 1 atom stereocenters.